The molecule has 0 radical (unpaired) electrons. The van der Waals surface area contributed by atoms with Crippen LogP contribution >= 0.6 is 0 Å². The number of phenols is 1. The summed E-state index contributed by atoms with van der Waals surface area (Å²) in [4.78, 5) is 0.158. The fraction of sp³-hybridized carbons (Fsp3) is 0.600. The van der Waals surface area contributed by atoms with Crippen molar-refractivity contribution in [2.75, 3.05) is 12.3 Å². The highest BCUT2D eigenvalue weighted by atomic mass is 32.2. The minimum atomic E-state index is -3.58. The summed E-state index contributed by atoms with van der Waals surface area (Å²) in [6, 6.07) is 4.17. The van der Waals surface area contributed by atoms with Crippen LogP contribution in [0.25, 0.3) is 0 Å². The van der Waals surface area contributed by atoms with E-state index in [9.17, 15) is 13.5 Å². The number of sulfonamides is 1. The molecule has 1 aliphatic rings. The van der Waals surface area contributed by atoms with Crippen molar-refractivity contribution < 1.29 is 13.5 Å². The summed E-state index contributed by atoms with van der Waals surface area (Å²) in [5.74, 6) is 0.167. The number of hydrogen-bond acceptors (Lipinski definition) is 4. The second kappa shape index (κ2) is 6.23. The zero-order valence-electron chi connectivity index (χ0n) is 12.6. The molecule has 1 saturated carbocycles. The predicted octanol–water partition coefficient (Wildman–Crippen LogP) is 2.56. The molecule has 0 spiro atoms. The summed E-state index contributed by atoms with van der Waals surface area (Å²) < 4.78 is 27.4. The van der Waals surface area contributed by atoms with Crippen molar-refractivity contribution in [3.05, 3.63) is 18.2 Å². The number of anilines is 1. The van der Waals surface area contributed by atoms with E-state index in [1.807, 2.05) is 13.8 Å². The van der Waals surface area contributed by atoms with Crippen molar-refractivity contribution >= 4 is 15.7 Å². The van der Waals surface area contributed by atoms with Crippen molar-refractivity contribution in [3.63, 3.8) is 0 Å². The first-order valence-corrected chi connectivity index (χ1v) is 8.86. The standard InChI is InChI=1S/C15H24N2O3S/c1-11(2)10-17(12-5-3-4-6-12)21(19,20)13-7-8-15(18)14(16)9-13/h7-9,11-12,18H,3-6,10,16H2,1-2H3. The van der Waals surface area contributed by atoms with Gasteiger partial charge in [-0.25, -0.2) is 8.42 Å². The Kier molecular flexibility index (Phi) is 4.78. The third kappa shape index (κ3) is 3.49. The lowest BCUT2D eigenvalue weighted by Gasteiger charge is -2.29. The maximum Gasteiger partial charge on any atom is 0.243 e. The molecule has 0 bridgehead atoms. The molecular weight excluding hydrogens is 288 g/mol. The number of hydrogen-bond donors (Lipinski definition) is 2. The lowest BCUT2D eigenvalue weighted by Crippen LogP contribution is -2.41. The minimum absolute atomic E-state index is 0.0763. The first-order valence-electron chi connectivity index (χ1n) is 7.42. The molecule has 0 unspecified atom stereocenters. The van der Waals surface area contributed by atoms with Crippen LogP contribution in [0.15, 0.2) is 23.1 Å². The summed E-state index contributed by atoms with van der Waals surface area (Å²) in [6.45, 7) is 4.54. The Morgan fingerprint density at radius 1 is 1.33 bits per heavy atom. The normalized spacial score (nSPS) is 17.0. The van der Waals surface area contributed by atoms with Crippen molar-refractivity contribution in [1.29, 1.82) is 0 Å². The van der Waals surface area contributed by atoms with Gasteiger partial charge in [-0.1, -0.05) is 26.7 Å². The molecule has 0 amide bonds. The van der Waals surface area contributed by atoms with Crippen LogP contribution in [0.1, 0.15) is 39.5 Å². The lowest BCUT2D eigenvalue weighted by atomic mass is 10.2. The number of rotatable bonds is 5. The van der Waals surface area contributed by atoms with Gasteiger partial charge in [0.15, 0.2) is 0 Å². The number of aromatic hydroxyl groups is 1. The molecule has 1 aliphatic carbocycles. The zero-order chi connectivity index (χ0) is 15.6. The van der Waals surface area contributed by atoms with Gasteiger partial charge in [0.2, 0.25) is 10.0 Å². The highest BCUT2D eigenvalue weighted by Gasteiger charge is 2.33. The van der Waals surface area contributed by atoms with Crippen molar-refractivity contribution in [1.82, 2.24) is 4.31 Å². The van der Waals surface area contributed by atoms with Gasteiger partial charge in [-0.15, -0.1) is 0 Å². The summed E-state index contributed by atoms with van der Waals surface area (Å²) in [6.07, 6.45) is 3.98. The Balaban J connectivity index is 2.38. The van der Waals surface area contributed by atoms with E-state index in [1.165, 1.54) is 18.2 Å². The van der Waals surface area contributed by atoms with E-state index in [2.05, 4.69) is 0 Å². The monoisotopic (exact) mass is 312 g/mol. The van der Waals surface area contributed by atoms with Gasteiger partial charge in [-0.3, -0.25) is 0 Å². The zero-order valence-corrected chi connectivity index (χ0v) is 13.4. The Morgan fingerprint density at radius 2 is 1.95 bits per heavy atom. The van der Waals surface area contributed by atoms with E-state index in [0.29, 0.717) is 6.54 Å². The summed E-state index contributed by atoms with van der Waals surface area (Å²) in [5.41, 5.74) is 5.73. The molecule has 0 aliphatic heterocycles. The Bertz CT molecular complexity index is 593. The minimum Gasteiger partial charge on any atom is -0.506 e. The molecular formula is C15H24N2O3S. The predicted molar refractivity (Wildman–Crippen MR) is 83.5 cm³/mol. The Labute approximate surface area is 126 Å². The van der Waals surface area contributed by atoms with Gasteiger partial charge < -0.3 is 10.8 Å². The molecule has 0 aromatic heterocycles. The van der Waals surface area contributed by atoms with Crippen LogP contribution in [-0.2, 0) is 10.0 Å². The second-order valence-electron chi connectivity index (χ2n) is 6.13. The van der Waals surface area contributed by atoms with Crippen molar-refractivity contribution in [2.45, 2.75) is 50.5 Å². The highest BCUT2D eigenvalue weighted by Crippen LogP contribution is 2.31. The van der Waals surface area contributed by atoms with Gasteiger partial charge >= 0.3 is 0 Å². The molecule has 0 saturated heterocycles. The molecule has 21 heavy (non-hydrogen) atoms. The topological polar surface area (TPSA) is 83.6 Å². The second-order valence-corrected chi connectivity index (χ2v) is 8.02. The molecule has 1 aromatic rings. The van der Waals surface area contributed by atoms with Gasteiger partial charge in [0.05, 0.1) is 10.6 Å². The molecule has 3 N–H and O–H groups in total. The lowest BCUT2D eigenvalue weighted by molar-refractivity contribution is 0.292. The van der Waals surface area contributed by atoms with Crippen LogP contribution in [0.2, 0.25) is 0 Å². The molecule has 5 nitrogen and oxygen atoms in total. The maximum atomic E-state index is 12.9. The molecule has 0 atom stereocenters. The van der Waals surface area contributed by atoms with E-state index < -0.39 is 10.0 Å². The first kappa shape index (κ1) is 16.1. The Hall–Kier alpha value is -1.27. The van der Waals surface area contributed by atoms with Gasteiger partial charge in [-0.05, 0) is 37.0 Å². The van der Waals surface area contributed by atoms with E-state index in [4.69, 9.17) is 5.73 Å². The molecule has 2 rings (SSSR count). The van der Waals surface area contributed by atoms with Gasteiger partial charge in [0, 0.05) is 12.6 Å². The van der Waals surface area contributed by atoms with Crippen molar-refractivity contribution in [3.8, 4) is 5.75 Å². The summed E-state index contributed by atoms with van der Waals surface area (Å²) >= 11 is 0. The average Bonchev–Trinajstić information content (AvgIpc) is 2.92. The smallest absolute Gasteiger partial charge is 0.243 e. The van der Waals surface area contributed by atoms with Gasteiger partial charge in [0.1, 0.15) is 5.75 Å². The quantitative estimate of drug-likeness (QED) is 0.646. The van der Waals surface area contributed by atoms with Crippen LogP contribution in [0.3, 0.4) is 0 Å². The van der Waals surface area contributed by atoms with Gasteiger partial charge in [-0.2, -0.15) is 4.31 Å². The SMILES string of the molecule is CC(C)CN(C1CCCC1)S(=O)(=O)c1ccc(O)c(N)c1. The first-order chi connectivity index (χ1) is 9.82. The van der Waals surface area contributed by atoms with Crippen LogP contribution < -0.4 is 5.73 Å². The molecule has 6 heteroatoms. The highest BCUT2D eigenvalue weighted by molar-refractivity contribution is 7.89. The number of benzene rings is 1. The number of nitrogen functional groups attached to an aromatic ring is 1. The van der Waals surface area contributed by atoms with Crippen LogP contribution in [-0.4, -0.2) is 30.4 Å². The van der Waals surface area contributed by atoms with E-state index in [-0.39, 0.29) is 28.3 Å². The molecule has 1 fully saturated rings. The third-order valence-electron chi connectivity index (χ3n) is 3.88. The molecule has 0 heterocycles. The summed E-state index contributed by atoms with van der Waals surface area (Å²) in [7, 11) is -3.58. The Morgan fingerprint density at radius 3 is 2.48 bits per heavy atom. The van der Waals surface area contributed by atoms with Crippen molar-refractivity contribution in [2.24, 2.45) is 5.92 Å². The van der Waals surface area contributed by atoms with E-state index in [0.717, 1.165) is 25.7 Å². The average molecular weight is 312 g/mol. The van der Waals surface area contributed by atoms with Crippen LogP contribution in [0.4, 0.5) is 5.69 Å². The molecule has 1 aromatic carbocycles. The number of nitrogens with two attached hydrogens (primary N) is 1. The molecule has 118 valence electrons. The maximum absolute atomic E-state index is 12.9. The van der Waals surface area contributed by atoms with Gasteiger partial charge in [0.25, 0.3) is 0 Å². The van der Waals surface area contributed by atoms with E-state index >= 15 is 0 Å². The largest absolute Gasteiger partial charge is 0.506 e. The third-order valence-corrected chi connectivity index (χ3v) is 5.80. The fourth-order valence-electron chi connectivity index (χ4n) is 2.82. The van der Waals surface area contributed by atoms with Crippen LogP contribution in [0.5, 0.6) is 5.75 Å². The summed E-state index contributed by atoms with van der Waals surface area (Å²) in [5, 5.41) is 9.47. The number of nitrogens with zero attached hydrogens (tertiary/aromatic N) is 1. The van der Waals surface area contributed by atoms with Crippen LogP contribution in [0, 0.1) is 5.92 Å². The fourth-order valence-corrected chi connectivity index (χ4v) is 4.71. The van der Waals surface area contributed by atoms with E-state index in [1.54, 1.807) is 4.31 Å². The number of phenolic OH excluding ortho intramolecular Hbond substituents is 1.